The molecule has 150 valence electrons. The molecule has 0 heterocycles. The average Bonchev–Trinajstić information content (AvgIpc) is 2.67. The predicted molar refractivity (Wildman–Crippen MR) is 108 cm³/mol. The quantitative estimate of drug-likeness (QED) is 0.448. The number of amides is 1. The van der Waals surface area contributed by atoms with Gasteiger partial charge in [-0.25, -0.2) is 5.43 Å². The molecule has 2 rings (SSSR count). The van der Waals surface area contributed by atoms with E-state index in [2.05, 4.69) is 21.2 Å². The molecule has 28 heavy (non-hydrogen) atoms. The number of ether oxygens (including phenoxy) is 1. The van der Waals surface area contributed by atoms with Crippen LogP contribution in [0.1, 0.15) is 30.0 Å². The normalized spacial score (nSPS) is 12.4. The van der Waals surface area contributed by atoms with E-state index in [-0.39, 0.29) is 5.91 Å². The number of halogens is 1. The number of carbonyl (C=O) groups excluding carboxylic acids is 1. The van der Waals surface area contributed by atoms with Crippen molar-refractivity contribution < 1.29 is 18.8 Å². The summed E-state index contributed by atoms with van der Waals surface area (Å²) in [7, 11) is 1.55. The molecule has 0 aliphatic rings. The molecule has 0 saturated heterocycles. The summed E-state index contributed by atoms with van der Waals surface area (Å²) in [6.07, 6.45) is 1.13. The minimum absolute atomic E-state index is 0.237. The number of hydrogen-bond donors (Lipinski definition) is 3. The Morgan fingerprint density at radius 2 is 1.89 bits per heavy atom. The van der Waals surface area contributed by atoms with Crippen LogP contribution in [0.5, 0.6) is 5.75 Å². The lowest BCUT2D eigenvalue weighted by Crippen LogP contribution is -2.32. The van der Waals surface area contributed by atoms with E-state index in [1.807, 2.05) is 39.0 Å². The van der Waals surface area contributed by atoms with Crippen molar-refractivity contribution in [3.05, 3.63) is 65.2 Å². The number of anilines is 1. The Balaban J connectivity index is 2.00. The Morgan fingerprint density at radius 1 is 1.18 bits per heavy atom. The monoisotopic (exact) mass is 387 g/mol. The number of nitrogens with one attached hydrogen (secondary N) is 3. The molecule has 3 N–H and O–H groups in total. The number of hydrogen-bond acceptors (Lipinski definition) is 5. The highest BCUT2D eigenvalue weighted by Crippen LogP contribution is 2.21. The van der Waals surface area contributed by atoms with Crippen LogP contribution in [-0.2, 0) is 9.63 Å². The maximum absolute atomic E-state index is 13.5. The van der Waals surface area contributed by atoms with Crippen molar-refractivity contribution in [1.29, 1.82) is 0 Å². The fourth-order valence-corrected chi connectivity index (χ4v) is 2.55. The SMILES string of the molecule is CCC(Oc1ccc(C)cc1C)C(=O)Nc1ccc(C=C(F)ONNC)cc1. The molecule has 0 aliphatic heterocycles. The zero-order chi connectivity index (χ0) is 20.5. The van der Waals surface area contributed by atoms with Gasteiger partial charge in [-0.1, -0.05) is 42.3 Å². The molecule has 1 unspecified atom stereocenters. The van der Waals surface area contributed by atoms with Crippen molar-refractivity contribution in [2.45, 2.75) is 33.3 Å². The van der Waals surface area contributed by atoms with Gasteiger partial charge < -0.3 is 14.9 Å². The molecular formula is C21H26FN3O3. The van der Waals surface area contributed by atoms with Gasteiger partial charge in [0.1, 0.15) is 5.75 Å². The maximum atomic E-state index is 13.5. The van der Waals surface area contributed by atoms with Gasteiger partial charge in [0.25, 0.3) is 11.9 Å². The summed E-state index contributed by atoms with van der Waals surface area (Å²) in [4.78, 5) is 17.1. The van der Waals surface area contributed by atoms with E-state index in [9.17, 15) is 9.18 Å². The average molecular weight is 387 g/mol. The Bertz CT molecular complexity index is 822. The van der Waals surface area contributed by atoms with Gasteiger partial charge in [0.05, 0.1) is 0 Å². The summed E-state index contributed by atoms with van der Waals surface area (Å²) in [5.74, 6) is 0.456. The van der Waals surface area contributed by atoms with Gasteiger partial charge in [-0.3, -0.25) is 4.79 Å². The van der Waals surface area contributed by atoms with Crippen LogP contribution in [0, 0.1) is 13.8 Å². The molecule has 0 bridgehead atoms. The van der Waals surface area contributed by atoms with Gasteiger partial charge in [-0.15, -0.1) is 0 Å². The fourth-order valence-electron chi connectivity index (χ4n) is 2.55. The van der Waals surface area contributed by atoms with Crippen molar-refractivity contribution >= 4 is 17.7 Å². The van der Waals surface area contributed by atoms with E-state index in [1.165, 1.54) is 6.08 Å². The third-order valence-electron chi connectivity index (χ3n) is 3.97. The maximum Gasteiger partial charge on any atom is 0.296 e. The van der Waals surface area contributed by atoms with Gasteiger partial charge in [0, 0.05) is 18.8 Å². The van der Waals surface area contributed by atoms with Crippen LogP contribution in [0.3, 0.4) is 0 Å². The fraction of sp³-hybridized carbons (Fsp3) is 0.286. The lowest BCUT2D eigenvalue weighted by molar-refractivity contribution is -0.122. The predicted octanol–water partition coefficient (Wildman–Crippen LogP) is 4.02. The Kier molecular flexibility index (Phi) is 7.98. The summed E-state index contributed by atoms with van der Waals surface area (Å²) >= 11 is 0. The van der Waals surface area contributed by atoms with Gasteiger partial charge >= 0.3 is 0 Å². The van der Waals surface area contributed by atoms with Crippen molar-refractivity contribution in [1.82, 2.24) is 11.0 Å². The highest BCUT2D eigenvalue weighted by atomic mass is 19.1. The topological polar surface area (TPSA) is 71.6 Å². The third kappa shape index (κ3) is 6.37. The summed E-state index contributed by atoms with van der Waals surface area (Å²) in [6, 6.07) is 11.8. The molecule has 0 radical (unpaired) electrons. The second kappa shape index (κ2) is 10.4. The molecule has 0 fully saturated rings. The van der Waals surface area contributed by atoms with Crippen molar-refractivity contribution in [3.8, 4) is 5.75 Å². The first-order valence-electron chi connectivity index (χ1n) is 9.03. The van der Waals surface area contributed by atoms with Crippen LogP contribution in [0.4, 0.5) is 10.1 Å². The summed E-state index contributed by atoms with van der Waals surface area (Å²) in [5.41, 5.74) is 7.94. The highest BCUT2D eigenvalue weighted by Gasteiger charge is 2.19. The van der Waals surface area contributed by atoms with Crippen molar-refractivity contribution in [3.63, 3.8) is 0 Å². The van der Waals surface area contributed by atoms with Gasteiger partial charge in [-0.05, 0) is 49.6 Å². The van der Waals surface area contributed by atoms with E-state index >= 15 is 0 Å². The smallest absolute Gasteiger partial charge is 0.296 e. The zero-order valence-corrected chi connectivity index (χ0v) is 16.5. The van der Waals surface area contributed by atoms with E-state index in [0.29, 0.717) is 23.4 Å². The Hall–Kier alpha value is -2.90. The summed E-state index contributed by atoms with van der Waals surface area (Å²) < 4.78 is 19.3. The van der Waals surface area contributed by atoms with Crippen LogP contribution >= 0.6 is 0 Å². The minimum Gasteiger partial charge on any atom is -0.480 e. The number of rotatable bonds is 9. The van der Waals surface area contributed by atoms with Crippen LogP contribution in [0.15, 0.2) is 48.5 Å². The standard InChI is InChI=1S/C21H26FN3O3/c1-5-18(27-19-11-6-14(2)12-15(19)3)21(26)24-17-9-7-16(8-10-17)13-20(22)28-25-23-4/h6-13,18,23,25H,5H2,1-4H3,(H,24,26). The van der Waals surface area contributed by atoms with Crippen LogP contribution in [0.2, 0.25) is 0 Å². The van der Waals surface area contributed by atoms with E-state index < -0.39 is 12.1 Å². The van der Waals surface area contributed by atoms with Gasteiger partial charge in [-0.2, -0.15) is 4.39 Å². The molecule has 7 heteroatoms. The highest BCUT2D eigenvalue weighted by molar-refractivity contribution is 5.94. The second-order valence-electron chi connectivity index (χ2n) is 6.30. The Morgan fingerprint density at radius 3 is 2.50 bits per heavy atom. The first kappa shape index (κ1) is 21.4. The largest absolute Gasteiger partial charge is 0.480 e. The Labute approximate surface area is 164 Å². The summed E-state index contributed by atoms with van der Waals surface area (Å²) in [6.45, 7) is 5.85. The minimum atomic E-state index is -0.793. The molecule has 0 saturated carbocycles. The molecular weight excluding hydrogens is 361 g/mol. The number of aryl methyl sites for hydroxylation is 2. The molecule has 0 aromatic heterocycles. The zero-order valence-electron chi connectivity index (χ0n) is 16.5. The van der Waals surface area contributed by atoms with E-state index in [0.717, 1.165) is 11.1 Å². The number of carbonyl (C=O) groups is 1. The molecule has 1 amide bonds. The van der Waals surface area contributed by atoms with Crippen molar-refractivity contribution in [2.24, 2.45) is 0 Å². The summed E-state index contributed by atoms with van der Waals surface area (Å²) in [5, 5.41) is 2.83. The molecule has 2 aromatic carbocycles. The lowest BCUT2D eigenvalue weighted by atomic mass is 10.1. The lowest BCUT2D eigenvalue weighted by Gasteiger charge is -2.19. The van der Waals surface area contributed by atoms with Crippen LogP contribution < -0.4 is 21.1 Å². The van der Waals surface area contributed by atoms with Crippen molar-refractivity contribution in [2.75, 3.05) is 12.4 Å². The van der Waals surface area contributed by atoms with Crippen LogP contribution in [-0.4, -0.2) is 19.1 Å². The van der Waals surface area contributed by atoms with Crippen LogP contribution in [0.25, 0.3) is 6.08 Å². The molecule has 2 aromatic rings. The third-order valence-corrected chi connectivity index (χ3v) is 3.97. The van der Waals surface area contributed by atoms with E-state index in [1.54, 1.807) is 31.3 Å². The van der Waals surface area contributed by atoms with Gasteiger partial charge in [0.15, 0.2) is 6.10 Å². The molecule has 0 aliphatic carbocycles. The first-order chi connectivity index (χ1) is 13.4. The number of hydrazine groups is 1. The first-order valence-corrected chi connectivity index (χ1v) is 9.03. The second-order valence-corrected chi connectivity index (χ2v) is 6.30. The number of benzene rings is 2. The van der Waals surface area contributed by atoms with E-state index in [4.69, 9.17) is 4.74 Å². The molecule has 0 spiro atoms. The molecule has 1 atom stereocenters. The van der Waals surface area contributed by atoms with Gasteiger partial charge in [0.2, 0.25) is 0 Å². The molecule has 6 nitrogen and oxygen atoms in total.